The number of aromatic nitrogens is 2. The van der Waals surface area contributed by atoms with Gasteiger partial charge in [0, 0.05) is 23.6 Å². The average Bonchev–Trinajstić information content (AvgIpc) is 2.93. The number of allylic oxidation sites excluding steroid dienone is 1. The fourth-order valence-electron chi connectivity index (χ4n) is 4.54. The van der Waals surface area contributed by atoms with E-state index in [2.05, 4.69) is 28.6 Å². The van der Waals surface area contributed by atoms with Crippen LogP contribution in [0.3, 0.4) is 0 Å². The minimum absolute atomic E-state index is 0.163. The molecular weight excluding hydrogens is 516 g/mol. The summed E-state index contributed by atoms with van der Waals surface area (Å²) in [5.41, 5.74) is 18.5. The van der Waals surface area contributed by atoms with Gasteiger partial charge in [-0.3, -0.25) is 4.79 Å². The Morgan fingerprint density at radius 1 is 1.12 bits per heavy atom. The Morgan fingerprint density at radius 2 is 1.83 bits per heavy atom. The molecule has 9 heteroatoms. The molecule has 2 aromatic carbocycles. The molecule has 1 aromatic heterocycles. The summed E-state index contributed by atoms with van der Waals surface area (Å²) in [6.45, 7) is 11.5. The summed E-state index contributed by atoms with van der Waals surface area (Å²) >= 11 is 0. The monoisotopic (exact) mass is 556 g/mol. The van der Waals surface area contributed by atoms with Crippen LogP contribution >= 0.6 is 0 Å². The van der Waals surface area contributed by atoms with E-state index in [1.54, 1.807) is 26.5 Å². The second-order valence-corrected chi connectivity index (χ2v) is 10.0. The van der Waals surface area contributed by atoms with Crippen LogP contribution in [0.2, 0.25) is 0 Å². The number of benzene rings is 2. The lowest BCUT2D eigenvalue weighted by atomic mass is 9.98. The van der Waals surface area contributed by atoms with Gasteiger partial charge >= 0.3 is 0 Å². The van der Waals surface area contributed by atoms with Crippen LogP contribution in [0.4, 0.5) is 11.8 Å². The molecule has 41 heavy (non-hydrogen) atoms. The maximum absolute atomic E-state index is 13.1. The first-order valence-corrected chi connectivity index (χ1v) is 13.5. The summed E-state index contributed by atoms with van der Waals surface area (Å²) < 4.78 is 11.2. The Morgan fingerprint density at radius 3 is 2.49 bits per heavy atom. The number of aryl methyl sites for hydroxylation is 1. The molecule has 0 aliphatic carbocycles. The summed E-state index contributed by atoms with van der Waals surface area (Å²) in [6, 6.07) is 11.5. The molecule has 4 rings (SSSR count). The van der Waals surface area contributed by atoms with E-state index in [4.69, 9.17) is 20.9 Å². The number of nitrogens with zero attached hydrogens (tertiary/aromatic N) is 4. The molecule has 1 unspecified atom stereocenters. The SMILES string of the molecule is C=C(C)C.CCCc1nc(N)nc(N)c1Cc1cc(/C=C/C(=O)N2N=Cc3ccccc3C2C)c(OC)c(OC)c1. The van der Waals surface area contributed by atoms with Gasteiger partial charge in [-0.2, -0.15) is 10.1 Å². The normalized spacial score (nSPS) is 13.8. The number of carbonyl (C=O) groups excluding carboxylic acids is 1. The summed E-state index contributed by atoms with van der Waals surface area (Å²) in [4.78, 5) is 21.7. The van der Waals surface area contributed by atoms with E-state index in [1.165, 1.54) is 16.7 Å². The molecule has 0 radical (unpaired) electrons. The van der Waals surface area contributed by atoms with E-state index < -0.39 is 0 Å². The molecule has 1 amide bonds. The summed E-state index contributed by atoms with van der Waals surface area (Å²) in [5, 5.41) is 5.84. The molecule has 4 N–H and O–H groups in total. The predicted octanol–water partition coefficient (Wildman–Crippen LogP) is 5.73. The van der Waals surface area contributed by atoms with Crippen LogP contribution in [-0.2, 0) is 17.6 Å². The van der Waals surface area contributed by atoms with E-state index in [0.29, 0.717) is 29.3 Å². The molecule has 0 saturated heterocycles. The van der Waals surface area contributed by atoms with E-state index in [9.17, 15) is 4.79 Å². The standard InChI is InChI=1S/C28H32N6O3.C4H8/c1-5-8-23-22(27(29)33-28(30)32-23)14-18-13-19(26(37-4)24(15-18)36-3)11-12-25(35)34-17(2)21-10-7-6-9-20(21)16-31-34;1-4(2)3/h6-7,9-13,15-17H,5,8,14H2,1-4H3,(H4,29,30,32,33);1H2,2-3H3/b12-11+;. The fourth-order valence-corrected chi connectivity index (χ4v) is 4.54. The Bertz CT molecular complexity index is 1460. The third-order valence-electron chi connectivity index (χ3n) is 6.34. The van der Waals surface area contributed by atoms with E-state index >= 15 is 0 Å². The first-order valence-electron chi connectivity index (χ1n) is 13.5. The third-order valence-corrected chi connectivity index (χ3v) is 6.34. The molecule has 2 heterocycles. The van der Waals surface area contributed by atoms with Crippen molar-refractivity contribution in [2.75, 3.05) is 25.7 Å². The van der Waals surface area contributed by atoms with Crippen LogP contribution < -0.4 is 20.9 Å². The highest BCUT2D eigenvalue weighted by molar-refractivity contribution is 5.95. The van der Waals surface area contributed by atoms with Crippen molar-refractivity contribution < 1.29 is 14.3 Å². The average molecular weight is 557 g/mol. The molecule has 0 fully saturated rings. The Kier molecular flexibility index (Phi) is 10.6. The highest BCUT2D eigenvalue weighted by Crippen LogP contribution is 2.35. The number of hydrogen-bond acceptors (Lipinski definition) is 8. The number of nitrogens with two attached hydrogens (primary N) is 2. The van der Waals surface area contributed by atoms with Crippen molar-refractivity contribution >= 4 is 30.0 Å². The van der Waals surface area contributed by atoms with Gasteiger partial charge in [0.1, 0.15) is 5.82 Å². The lowest BCUT2D eigenvalue weighted by Gasteiger charge is -2.28. The molecule has 9 nitrogen and oxygen atoms in total. The number of anilines is 2. The Hall–Kier alpha value is -4.66. The van der Waals surface area contributed by atoms with E-state index in [-0.39, 0.29) is 17.9 Å². The van der Waals surface area contributed by atoms with Crippen molar-refractivity contribution in [1.82, 2.24) is 15.0 Å². The van der Waals surface area contributed by atoms with Crippen molar-refractivity contribution in [2.24, 2.45) is 5.10 Å². The number of fused-ring (bicyclic) bond motifs is 1. The van der Waals surface area contributed by atoms with Crippen LogP contribution in [0.15, 0.2) is 59.7 Å². The minimum Gasteiger partial charge on any atom is -0.493 e. The maximum atomic E-state index is 13.1. The molecule has 0 bridgehead atoms. The quantitative estimate of drug-likeness (QED) is 0.268. The van der Waals surface area contributed by atoms with Crippen molar-refractivity contribution in [3.8, 4) is 11.5 Å². The number of methoxy groups -OCH3 is 2. The van der Waals surface area contributed by atoms with Crippen LogP contribution in [0.5, 0.6) is 11.5 Å². The molecule has 0 spiro atoms. The lowest BCUT2D eigenvalue weighted by molar-refractivity contribution is -0.128. The Balaban J connectivity index is 0.00000108. The number of ether oxygens (including phenoxy) is 2. The topological polar surface area (TPSA) is 129 Å². The van der Waals surface area contributed by atoms with Crippen LogP contribution in [-0.4, -0.2) is 41.3 Å². The zero-order valence-corrected chi connectivity index (χ0v) is 24.8. The van der Waals surface area contributed by atoms with Crippen molar-refractivity contribution in [3.63, 3.8) is 0 Å². The highest BCUT2D eigenvalue weighted by Gasteiger charge is 2.24. The van der Waals surface area contributed by atoms with Gasteiger partial charge in [0.2, 0.25) is 5.95 Å². The zero-order chi connectivity index (χ0) is 30.1. The second kappa shape index (κ2) is 14.1. The summed E-state index contributed by atoms with van der Waals surface area (Å²) in [7, 11) is 3.14. The number of hydrazone groups is 1. The molecule has 0 saturated carbocycles. The highest BCUT2D eigenvalue weighted by atomic mass is 16.5. The molecule has 1 aliphatic heterocycles. The van der Waals surface area contributed by atoms with Gasteiger partial charge in [-0.1, -0.05) is 43.2 Å². The first kappa shape index (κ1) is 30.9. The number of nitrogen functional groups attached to an aromatic ring is 2. The maximum Gasteiger partial charge on any atom is 0.267 e. The molecule has 216 valence electrons. The lowest BCUT2D eigenvalue weighted by Crippen LogP contribution is -2.30. The minimum atomic E-state index is -0.244. The van der Waals surface area contributed by atoms with Gasteiger partial charge in [0.05, 0.1) is 32.2 Å². The Labute approximate surface area is 242 Å². The van der Waals surface area contributed by atoms with E-state index in [0.717, 1.165) is 40.8 Å². The van der Waals surface area contributed by atoms with Gasteiger partial charge in [-0.05, 0) is 62.1 Å². The van der Waals surface area contributed by atoms with Crippen molar-refractivity contribution in [2.45, 2.75) is 53.0 Å². The molecular formula is C32H40N6O3. The largest absolute Gasteiger partial charge is 0.493 e. The molecule has 3 aromatic rings. The van der Waals surface area contributed by atoms with Crippen molar-refractivity contribution in [3.05, 3.63) is 88.1 Å². The predicted molar refractivity (Wildman–Crippen MR) is 166 cm³/mol. The summed E-state index contributed by atoms with van der Waals surface area (Å²) in [6.07, 6.45) is 7.02. The number of amides is 1. The first-order chi connectivity index (χ1) is 19.6. The summed E-state index contributed by atoms with van der Waals surface area (Å²) in [5.74, 6) is 1.33. The van der Waals surface area contributed by atoms with Crippen LogP contribution in [0, 0.1) is 0 Å². The van der Waals surface area contributed by atoms with Crippen LogP contribution in [0.1, 0.15) is 73.7 Å². The second-order valence-electron chi connectivity index (χ2n) is 10.0. The number of carbonyl (C=O) groups is 1. The molecule has 1 aliphatic rings. The van der Waals surface area contributed by atoms with Gasteiger partial charge < -0.3 is 20.9 Å². The van der Waals surface area contributed by atoms with Crippen LogP contribution in [0.25, 0.3) is 6.08 Å². The van der Waals surface area contributed by atoms with Gasteiger partial charge in [-0.25, -0.2) is 9.99 Å². The third kappa shape index (κ3) is 7.72. The molecule has 1 atom stereocenters. The van der Waals surface area contributed by atoms with Crippen molar-refractivity contribution in [1.29, 1.82) is 0 Å². The van der Waals surface area contributed by atoms with Gasteiger partial charge in [-0.15, -0.1) is 6.58 Å². The number of rotatable bonds is 8. The smallest absolute Gasteiger partial charge is 0.267 e. The van der Waals surface area contributed by atoms with Gasteiger partial charge in [0.25, 0.3) is 5.91 Å². The van der Waals surface area contributed by atoms with Gasteiger partial charge in [0.15, 0.2) is 11.5 Å². The van der Waals surface area contributed by atoms with E-state index in [1.807, 2.05) is 57.2 Å². The zero-order valence-electron chi connectivity index (χ0n) is 24.8. The number of hydrogen-bond donors (Lipinski definition) is 2. The fraction of sp³-hybridized carbons (Fsp3) is 0.312.